The van der Waals surface area contributed by atoms with Crippen molar-refractivity contribution in [3.05, 3.63) is 47.4 Å². The fourth-order valence-electron chi connectivity index (χ4n) is 2.10. The molecule has 0 unspecified atom stereocenters. The number of aryl methyl sites for hydroxylation is 1. The first kappa shape index (κ1) is 13.4. The van der Waals surface area contributed by atoms with E-state index in [1.165, 1.54) is 4.68 Å². The van der Waals surface area contributed by atoms with Crippen molar-refractivity contribution in [2.75, 3.05) is 11.1 Å². The second kappa shape index (κ2) is 5.06. The number of rotatable bonds is 2. The van der Waals surface area contributed by atoms with Crippen molar-refractivity contribution in [3.63, 3.8) is 0 Å². The summed E-state index contributed by atoms with van der Waals surface area (Å²) in [6.07, 6.45) is 3.22. The van der Waals surface area contributed by atoms with Gasteiger partial charge in [-0.15, -0.1) is 0 Å². The summed E-state index contributed by atoms with van der Waals surface area (Å²) in [6.45, 7) is 0. The van der Waals surface area contributed by atoms with Crippen molar-refractivity contribution < 1.29 is 4.79 Å². The topological polar surface area (TPSA) is 85.8 Å². The lowest BCUT2D eigenvalue weighted by Gasteiger charge is -2.08. The highest BCUT2D eigenvalue weighted by atomic mass is 35.5. The number of nitrogens with one attached hydrogen (secondary N) is 1. The molecule has 7 heteroatoms. The van der Waals surface area contributed by atoms with Crippen molar-refractivity contribution in [1.82, 2.24) is 14.8 Å². The molecule has 3 N–H and O–H groups in total. The molecule has 0 bridgehead atoms. The predicted octanol–water partition coefficient (Wildman–Crippen LogP) is 2.46. The summed E-state index contributed by atoms with van der Waals surface area (Å²) >= 11 is 6.12. The summed E-state index contributed by atoms with van der Waals surface area (Å²) in [5.41, 5.74) is 7.43. The Bertz CT molecular complexity index is 842. The molecule has 2 heterocycles. The van der Waals surface area contributed by atoms with Gasteiger partial charge in [0.05, 0.1) is 21.9 Å². The smallest absolute Gasteiger partial charge is 0.278 e. The number of carbonyl (C=O) groups excluding carboxylic acids is 1. The van der Waals surface area contributed by atoms with Crippen LogP contribution < -0.4 is 11.1 Å². The van der Waals surface area contributed by atoms with Gasteiger partial charge < -0.3 is 11.1 Å². The van der Waals surface area contributed by atoms with Gasteiger partial charge in [0.25, 0.3) is 5.91 Å². The Balaban J connectivity index is 2.01. The van der Waals surface area contributed by atoms with Crippen LogP contribution in [0, 0.1) is 0 Å². The van der Waals surface area contributed by atoms with Crippen LogP contribution in [0.2, 0.25) is 5.02 Å². The highest BCUT2D eigenvalue weighted by Gasteiger charge is 2.16. The standard InChI is InChI=1S/C14H12ClN5O/c1-20-7-10(16)13(19-20)14(21)18-11-5-4-9(15)8-3-2-6-17-12(8)11/h2-7H,16H2,1H3,(H,18,21). The first-order chi connectivity index (χ1) is 10.1. The molecule has 0 aliphatic carbocycles. The SMILES string of the molecule is Cn1cc(N)c(C(=O)Nc2ccc(Cl)c3cccnc23)n1. The molecule has 0 spiro atoms. The monoisotopic (exact) mass is 301 g/mol. The van der Waals surface area contributed by atoms with E-state index in [2.05, 4.69) is 15.4 Å². The van der Waals surface area contributed by atoms with Crippen molar-refractivity contribution >= 4 is 39.8 Å². The van der Waals surface area contributed by atoms with E-state index in [0.29, 0.717) is 21.9 Å². The van der Waals surface area contributed by atoms with Gasteiger partial charge in [-0.3, -0.25) is 14.5 Å². The molecule has 6 nitrogen and oxygen atoms in total. The molecule has 0 saturated carbocycles. The van der Waals surface area contributed by atoms with Gasteiger partial charge in [0.15, 0.2) is 5.69 Å². The Morgan fingerprint density at radius 3 is 2.90 bits per heavy atom. The van der Waals surface area contributed by atoms with Crippen LogP contribution in [-0.4, -0.2) is 20.7 Å². The number of hydrogen-bond donors (Lipinski definition) is 2. The van der Waals surface area contributed by atoms with E-state index in [1.54, 1.807) is 37.6 Å². The Morgan fingerprint density at radius 2 is 2.19 bits per heavy atom. The number of anilines is 2. The van der Waals surface area contributed by atoms with Gasteiger partial charge in [0.2, 0.25) is 0 Å². The minimum Gasteiger partial charge on any atom is -0.396 e. The van der Waals surface area contributed by atoms with Crippen LogP contribution in [0.25, 0.3) is 10.9 Å². The number of halogens is 1. The Labute approximate surface area is 125 Å². The zero-order valence-electron chi connectivity index (χ0n) is 11.2. The lowest BCUT2D eigenvalue weighted by atomic mass is 10.2. The van der Waals surface area contributed by atoms with Crippen LogP contribution in [-0.2, 0) is 7.05 Å². The third kappa shape index (κ3) is 2.41. The Morgan fingerprint density at radius 1 is 1.38 bits per heavy atom. The lowest BCUT2D eigenvalue weighted by Crippen LogP contribution is -2.15. The average molecular weight is 302 g/mol. The largest absolute Gasteiger partial charge is 0.396 e. The molecule has 21 heavy (non-hydrogen) atoms. The summed E-state index contributed by atoms with van der Waals surface area (Å²) in [4.78, 5) is 16.5. The van der Waals surface area contributed by atoms with E-state index < -0.39 is 0 Å². The summed E-state index contributed by atoms with van der Waals surface area (Å²) in [5.74, 6) is -0.387. The first-order valence-corrected chi connectivity index (χ1v) is 6.58. The number of nitrogens with zero attached hydrogens (tertiary/aromatic N) is 3. The van der Waals surface area contributed by atoms with Gasteiger partial charge in [-0.05, 0) is 24.3 Å². The molecule has 0 fully saturated rings. The minimum absolute atomic E-state index is 0.177. The molecule has 0 aliphatic heterocycles. The van der Waals surface area contributed by atoms with Crippen LogP contribution in [0.1, 0.15) is 10.5 Å². The molecule has 3 rings (SSSR count). The lowest BCUT2D eigenvalue weighted by molar-refractivity contribution is 0.102. The normalized spacial score (nSPS) is 10.8. The predicted molar refractivity (Wildman–Crippen MR) is 82.3 cm³/mol. The van der Waals surface area contributed by atoms with Crippen LogP contribution >= 0.6 is 11.6 Å². The van der Waals surface area contributed by atoms with Crippen LogP contribution in [0.5, 0.6) is 0 Å². The van der Waals surface area contributed by atoms with E-state index in [4.69, 9.17) is 17.3 Å². The molecule has 3 aromatic rings. The van der Waals surface area contributed by atoms with E-state index in [1.807, 2.05) is 6.07 Å². The van der Waals surface area contributed by atoms with Gasteiger partial charge in [-0.25, -0.2) is 0 Å². The Kier molecular flexibility index (Phi) is 3.23. The molecule has 2 aromatic heterocycles. The summed E-state index contributed by atoms with van der Waals surface area (Å²) in [5, 5.41) is 8.15. The number of nitrogen functional groups attached to an aromatic ring is 1. The van der Waals surface area contributed by atoms with Crippen LogP contribution in [0.4, 0.5) is 11.4 Å². The quantitative estimate of drug-likeness (QED) is 0.761. The molecular formula is C14H12ClN5O. The molecule has 1 aromatic carbocycles. The van der Waals surface area contributed by atoms with Gasteiger partial charge in [-0.1, -0.05) is 11.6 Å². The number of aromatic nitrogens is 3. The van der Waals surface area contributed by atoms with Crippen LogP contribution in [0.3, 0.4) is 0 Å². The molecular weight excluding hydrogens is 290 g/mol. The van der Waals surface area contributed by atoms with E-state index in [0.717, 1.165) is 5.39 Å². The van der Waals surface area contributed by atoms with E-state index in [9.17, 15) is 4.79 Å². The molecule has 106 valence electrons. The van der Waals surface area contributed by atoms with Gasteiger partial charge in [0.1, 0.15) is 0 Å². The maximum Gasteiger partial charge on any atom is 0.278 e. The number of fused-ring (bicyclic) bond motifs is 1. The number of pyridine rings is 1. The summed E-state index contributed by atoms with van der Waals surface area (Å²) in [7, 11) is 1.70. The third-order valence-corrected chi connectivity index (χ3v) is 3.37. The highest BCUT2D eigenvalue weighted by Crippen LogP contribution is 2.28. The second-order valence-corrected chi connectivity index (χ2v) is 4.96. The average Bonchev–Trinajstić information content (AvgIpc) is 2.81. The molecule has 0 radical (unpaired) electrons. The summed E-state index contributed by atoms with van der Waals surface area (Å²) < 4.78 is 1.49. The zero-order valence-corrected chi connectivity index (χ0v) is 11.9. The fraction of sp³-hybridized carbons (Fsp3) is 0.0714. The maximum absolute atomic E-state index is 12.2. The van der Waals surface area contributed by atoms with Gasteiger partial charge in [0, 0.05) is 24.8 Å². The molecule has 0 aliphatic rings. The summed E-state index contributed by atoms with van der Waals surface area (Å²) in [6, 6.07) is 7.05. The number of hydrogen-bond acceptors (Lipinski definition) is 4. The maximum atomic E-state index is 12.2. The van der Waals surface area contributed by atoms with Crippen molar-refractivity contribution in [3.8, 4) is 0 Å². The molecule has 1 amide bonds. The third-order valence-electron chi connectivity index (χ3n) is 3.04. The number of nitrogens with two attached hydrogens (primary N) is 1. The second-order valence-electron chi connectivity index (χ2n) is 4.56. The highest BCUT2D eigenvalue weighted by molar-refractivity contribution is 6.36. The first-order valence-electron chi connectivity index (χ1n) is 6.20. The van der Waals surface area contributed by atoms with Crippen molar-refractivity contribution in [2.24, 2.45) is 7.05 Å². The number of amides is 1. The van der Waals surface area contributed by atoms with Gasteiger partial charge in [-0.2, -0.15) is 5.10 Å². The van der Waals surface area contributed by atoms with Gasteiger partial charge >= 0.3 is 0 Å². The molecule has 0 saturated heterocycles. The Hall–Kier alpha value is -2.60. The molecule has 0 atom stereocenters. The van der Waals surface area contributed by atoms with Crippen LogP contribution in [0.15, 0.2) is 36.7 Å². The number of carbonyl (C=O) groups is 1. The zero-order chi connectivity index (χ0) is 15.0. The van der Waals surface area contributed by atoms with Crippen molar-refractivity contribution in [2.45, 2.75) is 0 Å². The van der Waals surface area contributed by atoms with E-state index in [-0.39, 0.29) is 11.6 Å². The van der Waals surface area contributed by atoms with E-state index >= 15 is 0 Å². The van der Waals surface area contributed by atoms with Crippen molar-refractivity contribution in [1.29, 1.82) is 0 Å². The fourth-order valence-corrected chi connectivity index (χ4v) is 2.32. The minimum atomic E-state index is -0.387. The number of benzene rings is 1.